The standard InChI is InChI=1S/C32H44N4O4/c1-32(2,3)22-29(37)35(18-14-24-10-6-5-7-11-24)26-21-28(31(39)34-17-9-15-33-16-19-34)36(23-26)30(38)25-12-8-13-27(20-25)40-4/h5-8,10-13,20,26,28,33H,9,14-19,21-23H2,1-4H3. The lowest BCUT2D eigenvalue weighted by molar-refractivity contribution is -0.137. The molecule has 2 unspecified atom stereocenters. The van der Waals surface area contributed by atoms with Gasteiger partial charge in [-0.1, -0.05) is 57.2 Å². The van der Waals surface area contributed by atoms with E-state index in [2.05, 4.69) is 38.2 Å². The van der Waals surface area contributed by atoms with Crippen molar-refractivity contribution in [1.29, 1.82) is 0 Å². The molecule has 0 bridgehead atoms. The molecule has 2 fully saturated rings. The molecule has 2 aromatic rings. The fourth-order valence-electron chi connectivity index (χ4n) is 5.66. The first-order chi connectivity index (χ1) is 19.2. The van der Waals surface area contributed by atoms with Crippen LogP contribution in [0.5, 0.6) is 5.75 Å². The molecule has 3 amide bonds. The van der Waals surface area contributed by atoms with Gasteiger partial charge in [0, 0.05) is 44.7 Å². The van der Waals surface area contributed by atoms with E-state index in [-0.39, 0.29) is 29.2 Å². The Morgan fingerprint density at radius 2 is 1.80 bits per heavy atom. The zero-order valence-corrected chi connectivity index (χ0v) is 24.4. The SMILES string of the molecule is COc1cccc(C(=O)N2CC(N(CCc3ccccc3)C(=O)CC(C)(C)C)CC2C(=O)N2CCCNCC2)c1. The van der Waals surface area contributed by atoms with Crippen LogP contribution in [-0.4, -0.2) is 90.9 Å². The zero-order chi connectivity index (χ0) is 28.7. The van der Waals surface area contributed by atoms with Gasteiger partial charge in [-0.15, -0.1) is 0 Å². The van der Waals surface area contributed by atoms with Crippen LogP contribution < -0.4 is 10.1 Å². The summed E-state index contributed by atoms with van der Waals surface area (Å²) in [6.07, 6.45) is 2.42. The molecule has 0 aliphatic carbocycles. The van der Waals surface area contributed by atoms with E-state index in [0.717, 1.165) is 25.1 Å². The van der Waals surface area contributed by atoms with Crippen molar-refractivity contribution < 1.29 is 19.1 Å². The molecule has 0 spiro atoms. The van der Waals surface area contributed by atoms with Gasteiger partial charge < -0.3 is 24.8 Å². The van der Waals surface area contributed by atoms with Crippen LogP contribution in [0, 0.1) is 5.41 Å². The smallest absolute Gasteiger partial charge is 0.254 e. The summed E-state index contributed by atoms with van der Waals surface area (Å²) in [6, 6.07) is 16.3. The third-order valence-electron chi connectivity index (χ3n) is 7.72. The van der Waals surface area contributed by atoms with Gasteiger partial charge in [-0.3, -0.25) is 14.4 Å². The van der Waals surface area contributed by atoms with Crippen molar-refractivity contribution in [2.24, 2.45) is 5.41 Å². The first kappa shape index (κ1) is 29.6. The second-order valence-electron chi connectivity index (χ2n) is 12.1. The molecule has 0 saturated carbocycles. The Bertz CT molecular complexity index is 1160. The number of nitrogens with one attached hydrogen (secondary N) is 1. The third kappa shape index (κ3) is 7.62. The predicted molar refractivity (Wildman–Crippen MR) is 156 cm³/mol. The largest absolute Gasteiger partial charge is 0.497 e. The summed E-state index contributed by atoms with van der Waals surface area (Å²) in [5.41, 5.74) is 1.46. The highest BCUT2D eigenvalue weighted by Crippen LogP contribution is 2.29. The van der Waals surface area contributed by atoms with Crippen molar-refractivity contribution in [3.05, 3.63) is 65.7 Å². The Kier molecular flexibility index (Phi) is 9.85. The van der Waals surface area contributed by atoms with Gasteiger partial charge in [0.05, 0.1) is 13.2 Å². The summed E-state index contributed by atoms with van der Waals surface area (Å²) in [7, 11) is 1.57. The van der Waals surface area contributed by atoms with E-state index in [1.807, 2.05) is 28.0 Å². The van der Waals surface area contributed by atoms with Crippen molar-refractivity contribution in [1.82, 2.24) is 20.0 Å². The van der Waals surface area contributed by atoms with Crippen LogP contribution in [0.15, 0.2) is 54.6 Å². The number of carbonyl (C=O) groups excluding carboxylic acids is 3. The molecule has 2 aromatic carbocycles. The van der Waals surface area contributed by atoms with Crippen LogP contribution in [0.1, 0.15) is 56.0 Å². The number of methoxy groups -OCH3 is 1. The average Bonchev–Trinajstić information content (AvgIpc) is 3.18. The van der Waals surface area contributed by atoms with Crippen LogP contribution in [0.2, 0.25) is 0 Å². The highest BCUT2D eigenvalue weighted by atomic mass is 16.5. The Balaban J connectivity index is 1.63. The number of carbonyl (C=O) groups is 3. The van der Waals surface area contributed by atoms with Gasteiger partial charge in [0.25, 0.3) is 5.91 Å². The number of amides is 3. The normalized spacial score (nSPS) is 19.7. The van der Waals surface area contributed by atoms with Crippen LogP contribution in [-0.2, 0) is 16.0 Å². The lowest BCUT2D eigenvalue weighted by atomic mass is 9.91. The summed E-state index contributed by atoms with van der Waals surface area (Å²) in [6.45, 7) is 9.93. The highest BCUT2D eigenvalue weighted by Gasteiger charge is 2.44. The van der Waals surface area contributed by atoms with Crippen LogP contribution in [0.25, 0.3) is 0 Å². The first-order valence-corrected chi connectivity index (χ1v) is 14.4. The van der Waals surface area contributed by atoms with Gasteiger partial charge in [-0.2, -0.15) is 0 Å². The summed E-state index contributed by atoms with van der Waals surface area (Å²) in [5, 5.41) is 3.35. The fraction of sp³-hybridized carbons (Fsp3) is 0.531. The maximum absolute atomic E-state index is 13.9. The molecular weight excluding hydrogens is 504 g/mol. The van der Waals surface area contributed by atoms with Gasteiger partial charge >= 0.3 is 0 Å². The summed E-state index contributed by atoms with van der Waals surface area (Å²) >= 11 is 0. The molecule has 8 nitrogen and oxygen atoms in total. The Morgan fingerprint density at radius 1 is 1.02 bits per heavy atom. The maximum atomic E-state index is 13.9. The molecule has 2 saturated heterocycles. The minimum Gasteiger partial charge on any atom is -0.497 e. The third-order valence-corrected chi connectivity index (χ3v) is 7.72. The predicted octanol–water partition coefficient (Wildman–Crippen LogP) is 3.61. The topological polar surface area (TPSA) is 82.2 Å². The van der Waals surface area contributed by atoms with Crippen LogP contribution in [0.4, 0.5) is 0 Å². The number of rotatable bonds is 8. The van der Waals surface area contributed by atoms with Gasteiger partial charge in [0.1, 0.15) is 11.8 Å². The van der Waals surface area contributed by atoms with Gasteiger partial charge in [-0.25, -0.2) is 0 Å². The van der Waals surface area contributed by atoms with Gasteiger partial charge in [0.2, 0.25) is 11.8 Å². The minimum atomic E-state index is -0.622. The van der Waals surface area contributed by atoms with E-state index in [1.165, 1.54) is 0 Å². The second-order valence-corrected chi connectivity index (χ2v) is 12.1. The molecule has 1 N–H and O–H groups in total. The molecule has 4 rings (SSSR count). The van der Waals surface area contributed by atoms with Crippen molar-refractivity contribution in [2.75, 3.05) is 46.4 Å². The second kappa shape index (κ2) is 13.3. The van der Waals surface area contributed by atoms with E-state index in [4.69, 9.17) is 4.74 Å². The first-order valence-electron chi connectivity index (χ1n) is 14.4. The fourth-order valence-corrected chi connectivity index (χ4v) is 5.66. The number of likely N-dealkylation sites (tertiary alicyclic amines) is 1. The highest BCUT2D eigenvalue weighted by molar-refractivity contribution is 5.98. The molecule has 2 heterocycles. The molecule has 0 radical (unpaired) electrons. The van der Waals surface area contributed by atoms with E-state index in [0.29, 0.717) is 56.8 Å². The summed E-state index contributed by atoms with van der Waals surface area (Å²) in [5.74, 6) is 0.412. The van der Waals surface area contributed by atoms with Crippen molar-refractivity contribution >= 4 is 17.7 Å². The lowest BCUT2D eigenvalue weighted by Gasteiger charge is -2.32. The minimum absolute atomic E-state index is 0.0336. The molecule has 2 aliphatic heterocycles. The Labute approximate surface area is 238 Å². The molecule has 8 heteroatoms. The van der Waals surface area contributed by atoms with Crippen LogP contribution in [0.3, 0.4) is 0 Å². The molecule has 0 aromatic heterocycles. The molecule has 2 atom stereocenters. The summed E-state index contributed by atoms with van der Waals surface area (Å²) in [4.78, 5) is 47.1. The van der Waals surface area contributed by atoms with E-state index in [1.54, 1.807) is 36.3 Å². The quantitative estimate of drug-likeness (QED) is 0.545. The monoisotopic (exact) mass is 548 g/mol. The average molecular weight is 549 g/mol. The van der Waals surface area contributed by atoms with Gasteiger partial charge in [0.15, 0.2) is 0 Å². The van der Waals surface area contributed by atoms with E-state index in [9.17, 15) is 14.4 Å². The molecule has 216 valence electrons. The van der Waals surface area contributed by atoms with Crippen molar-refractivity contribution in [3.63, 3.8) is 0 Å². The number of benzene rings is 2. The number of hydrogen-bond donors (Lipinski definition) is 1. The molecular formula is C32H44N4O4. The molecule has 2 aliphatic rings. The lowest BCUT2D eigenvalue weighted by Crippen LogP contribution is -2.48. The van der Waals surface area contributed by atoms with Crippen LogP contribution >= 0.6 is 0 Å². The molecule has 40 heavy (non-hydrogen) atoms. The van der Waals surface area contributed by atoms with Crippen molar-refractivity contribution in [2.45, 2.75) is 58.5 Å². The van der Waals surface area contributed by atoms with Crippen molar-refractivity contribution in [3.8, 4) is 5.75 Å². The number of ether oxygens (including phenoxy) is 1. The van der Waals surface area contributed by atoms with E-state index < -0.39 is 6.04 Å². The Hall–Kier alpha value is -3.39. The number of nitrogens with zero attached hydrogens (tertiary/aromatic N) is 3. The zero-order valence-electron chi connectivity index (χ0n) is 24.4. The maximum Gasteiger partial charge on any atom is 0.254 e. The van der Waals surface area contributed by atoms with E-state index >= 15 is 0 Å². The van der Waals surface area contributed by atoms with Gasteiger partial charge in [-0.05, 0) is 55.0 Å². The number of hydrogen-bond acceptors (Lipinski definition) is 5. The Morgan fingerprint density at radius 3 is 2.52 bits per heavy atom. The summed E-state index contributed by atoms with van der Waals surface area (Å²) < 4.78 is 5.36.